The van der Waals surface area contributed by atoms with E-state index in [9.17, 15) is 18.0 Å². The maximum Gasteiger partial charge on any atom is 0.434 e. The topological polar surface area (TPSA) is 104 Å². The molecule has 0 spiro atoms. The third-order valence-corrected chi connectivity index (χ3v) is 6.74. The molecule has 3 aromatic heterocycles. The van der Waals surface area contributed by atoms with E-state index in [-0.39, 0.29) is 42.1 Å². The van der Waals surface area contributed by atoms with E-state index in [0.29, 0.717) is 29.4 Å². The van der Waals surface area contributed by atoms with Crippen LogP contribution in [0.1, 0.15) is 42.1 Å². The molecular weight excluding hydrogens is 520 g/mol. The average Bonchev–Trinajstić information content (AvgIpc) is 3.54. The zero-order valence-corrected chi connectivity index (χ0v) is 20.9. The molecular formula is C25H22F4N8O2. The summed E-state index contributed by atoms with van der Waals surface area (Å²) in [5.74, 6) is 0.0923. The number of nitrogens with zero attached hydrogens (tertiary/aromatic N) is 8. The van der Waals surface area contributed by atoms with Gasteiger partial charge in [-0.25, -0.2) is 24.0 Å². The smallest absolute Gasteiger partial charge is 0.434 e. The van der Waals surface area contributed by atoms with Gasteiger partial charge in [0.2, 0.25) is 17.7 Å². The SMILES string of the molecule is COc1ncnc(C2CC2)c1-c1nc2n(n1)CCC(=O)N2Cc1ccc(-c2nc(C(F)(F)F)cn2C)c(F)c1. The number of fused-ring (bicyclic) bond motifs is 1. The van der Waals surface area contributed by atoms with Crippen LogP contribution in [0.3, 0.4) is 0 Å². The largest absolute Gasteiger partial charge is 0.480 e. The molecule has 2 aliphatic rings. The first kappa shape index (κ1) is 24.9. The molecule has 0 unspecified atom stereocenters. The predicted octanol–water partition coefficient (Wildman–Crippen LogP) is 4.12. The Bertz CT molecular complexity index is 1590. The summed E-state index contributed by atoms with van der Waals surface area (Å²) in [7, 11) is 2.87. The molecule has 39 heavy (non-hydrogen) atoms. The van der Waals surface area contributed by atoms with E-state index < -0.39 is 17.7 Å². The van der Waals surface area contributed by atoms with Gasteiger partial charge in [-0.2, -0.15) is 18.2 Å². The second-order valence-corrected chi connectivity index (χ2v) is 9.48. The van der Waals surface area contributed by atoms with Crippen molar-refractivity contribution in [2.45, 2.75) is 44.4 Å². The highest BCUT2D eigenvalue weighted by molar-refractivity contribution is 5.93. The number of benzene rings is 1. The predicted molar refractivity (Wildman–Crippen MR) is 129 cm³/mol. The summed E-state index contributed by atoms with van der Waals surface area (Å²) >= 11 is 0. The van der Waals surface area contributed by atoms with Crippen LogP contribution in [0.5, 0.6) is 5.88 Å². The summed E-state index contributed by atoms with van der Waals surface area (Å²) in [4.78, 5) is 31.1. The summed E-state index contributed by atoms with van der Waals surface area (Å²) in [6, 6.07) is 4.08. The lowest BCUT2D eigenvalue weighted by atomic mass is 10.1. The first-order valence-corrected chi connectivity index (χ1v) is 12.2. The lowest BCUT2D eigenvalue weighted by Gasteiger charge is -2.26. The second kappa shape index (κ2) is 9.13. The van der Waals surface area contributed by atoms with Crippen molar-refractivity contribution in [2.75, 3.05) is 12.0 Å². The number of alkyl halides is 3. The van der Waals surface area contributed by atoms with Gasteiger partial charge in [0, 0.05) is 25.6 Å². The minimum absolute atomic E-state index is 0.0135. The van der Waals surface area contributed by atoms with Crippen LogP contribution in [-0.2, 0) is 31.1 Å². The molecule has 4 heterocycles. The van der Waals surface area contributed by atoms with Gasteiger partial charge in [-0.05, 0) is 30.5 Å². The quantitative estimate of drug-likeness (QED) is 0.338. The maximum absolute atomic E-state index is 15.1. The van der Waals surface area contributed by atoms with E-state index in [0.717, 1.165) is 29.3 Å². The summed E-state index contributed by atoms with van der Waals surface area (Å²) < 4.78 is 62.5. The van der Waals surface area contributed by atoms with Crippen molar-refractivity contribution in [1.82, 2.24) is 34.3 Å². The van der Waals surface area contributed by atoms with Crippen LogP contribution in [0.15, 0.2) is 30.7 Å². The van der Waals surface area contributed by atoms with Crippen LogP contribution in [-0.4, -0.2) is 47.3 Å². The normalized spacial score (nSPS) is 15.5. The number of imidazole rings is 1. The number of aryl methyl sites for hydroxylation is 2. The Hall–Kier alpha value is -4.36. The number of aromatic nitrogens is 7. The Balaban J connectivity index is 1.32. The molecule has 6 rings (SSSR count). The number of carbonyl (C=O) groups is 1. The zero-order valence-electron chi connectivity index (χ0n) is 20.9. The first-order valence-electron chi connectivity index (χ1n) is 12.2. The number of methoxy groups -OCH3 is 1. The Kier molecular flexibility index (Phi) is 5.84. The number of rotatable bonds is 6. The summed E-state index contributed by atoms with van der Waals surface area (Å²) in [6.45, 7) is 0.306. The number of carbonyl (C=O) groups excluding carboxylic acids is 1. The highest BCUT2D eigenvalue weighted by Crippen LogP contribution is 2.45. The number of hydrogen-bond acceptors (Lipinski definition) is 7. The molecule has 0 radical (unpaired) electrons. The Morgan fingerprint density at radius 1 is 1.15 bits per heavy atom. The molecule has 0 saturated heterocycles. The van der Waals surface area contributed by atoms with E-state index in [1.165, 1.54) is 37.5 Å². The molecule has 1 aliphatic carbocycles. The molecule has 1 saturated carbocycles. The maximum atomic E-state index is 15.1. The third kappa shape index (κ3) is 4.49. The van der Waals surface area contributed by atoms with Crippen molar-refractivity contribution in [3.63, 3.8) is 0 Å². The molecule has 202 valence electrons. The molecule has 0 bridgehead atoms. The van der Waals surface area contributed by atoms with Crippen LogP contribution in [0.4, 0.5) is 23.5 Å². The van der Waals surface area contributed by atoms with E-state index >= 15 is 4.39 Å². The lowest BCUT2D eigenvalue weighted by molar-refractivity contribution is -0.140. The highest BCUT2D eigenvalue weighted by Gasteiger charge is 2.36. The van der Waals surface area contributed by atoms with Gasteiger partial charge in [-0.3, -0.25) is 9.69 Å². The number of ether oxygens (including phenoxy) is 1. The van der Waals surface area contributed by atoms with Gasteiger partial charge in [-0.1, -0.05) is 6.07 Å². The van der Waals surface area contributed by atoms with E-state index in [1.54, 1.807) is 10.7 Å². The average molecular weight is 542 g/mol. The van der Waals surface area contributed by atoms with Crippen molar-refractivity contribution >= 4 is 11.9 Å². The fourth-order valence-corrected chi connectivity index (χ4v) is 4.68. The van der Waals surface area contributed by atoms with Gasteiger partial charge >= 0.3 is 6.18 Å². The Morgan fingerprint density at radius 2 is 1.95 bits per heavy atom. The van der Waals surface area contributed by atoms with Crippen LogP contribution >= 0.6 is 0 Å². The van der Waals surface area contributed by atoms with Crippen molar-refractivity contribution in [2.24, 2.45) is 7.05 Å². The summed E-state index contributed by atoms with van der Waals surface area (Å²) in [5, 5.41) is 4.60. The van der Waals surface area contributed by atoms with Crippen molar-refractivity contribution in [3.8, 4) is 28.7 Å². The fraction of sp³-hybridized carbons (Fsp3) is 0.360. The Morgan fingerprint density at radius 3 is 2.62 bits per heavy atom. The van der Waals surface area contributed by atoms with Crippen LogP contribution < -0.4 is 9.64 Å². The van der Waals surface area contributed by atoms with Crippen molar-refractivity contribution < 1.29 is 27.1 Å². The van der Waals surface area contributed by atoms with Gasteiger partial charge in [0.15, 0.2) is 11.5 Å². The number of halogens is 4. The van der Waals surface area contributed by atoms with Gasteiger partial charge < -0.3 is 9.30 Å². The molecule has 4 aromatic rings. The molecule has 0 N–H and O–H groups in total. The van der Waals surface area contributed by atoms with Crippen LogP contribution in [0.2, 0.25) is 0 Å². The number of hydrogen-bond donors (Lipinski definition) is 0. The van der Waals surface area contributed by atoms with E-state index in [1.807, 2.05) is 0 Å². The lowest BCUT2D eigenvalue weighted by Crippen LogP contribution is -2.37. The standard InChI is InChI=1S/C25H22F4N8O2/c1-35-11-17(25(27,28)29)32-22(35)15-6-3-13(9-16(15)26)10-36-18(38)7-8-37-24(36)33-21(34-37)19-20(14-4-5-14)30-12-31-23(19)39-2/h3,6,9,11-12,14H,4-5,7-8,10H2,1-2H3. The van der Waals surface area contributed by atoms with Gasteiger partial charge in [-0.15, -0.1) is 5.10 Å². The molecule has 1 aromatic carbocycles. The molecule has 14 heteroatoms. The van der Waals surface area contributed by atoms with E-state index in [4.69, 9.17) is 4.74 Å². The molecule has 0 atom stereocenters. The van der Waals surface area contributed by atoms with Crippen molar-refractivity contribution in [1.29, 1.82) is 0 Å². The summed E-state index contributed by atoms with van der Waals surface area (Å²) in [5.41, 5.74) is 0.606. The molecule has 1 amide bonds. The number of amides is 1. The fourth-order valence-electron chi connectivity index (χ4n) is 4.68. The molecule has 1 aliphatic heterocycles. The minimum atomic E-state index is -4.65. The van der Waals surface area contributed by atoms with E-state index in [2.05, 4.69) is 25.0 Å². The van der Waals surface area contributed by atoms with Crippen LogP contribution in [0, 0.1) is 5.82 Å². The number of anilines is 1. The van der Waals surface area contributed by atoms with Crippen LogP contribution in [0.25, 0.3) is 22.8 Å². The highest BCUT2D eigenvalue weighted by atomic mass is 19.4. The molecule has 1 fully saturated rings. The zero-order chi connectivity index (χ0) is 27.5. The van der Waals surface area contributed by atoms with Gasteiger partial charge in [0.1, 0.15) is 23.5 Å². The Labute approximate surface area is 219 Å². The monoisotopic (exact) mass is 542 g/mol. The van der Waals surface area contributed by atoms with Gasteiger partial charge in [0.25, 0.3) is 0 Å². The minimum Gasteiger partial charge on any atom is -0.480 e. The summed E-state index contributed by atoms with van der Waals surface area (Å²) in [6.07, 6.45) is -0.256. The second-order valence-electron chi connectivity index (χ2n) is 9.48. The molecule has 10 nitrogen and oxygen atoms in total. The third-order valence-electron chi connectivity index (χ3n) is 6.74. The van der Waals surface area contributed by atoms with Gasteiger partial charge in [0.05, 0.1) is 31.5 Å². The first-order chi connectivity index (χ1) is 18.6. The van der Waals surface area contributed by atoms with Crippen molar-refractivity contribution in [3.05, 3.63) is 53.5 Å².